The fraction of sp³-hybridized carbons (Fsp3) is 0.588. The molecule has 0 saturated carbocycles. The Labute approximate surface area is 145 Å². The van der Waals surface area contributed by atoms with Crippen molar-refractivity contribution in [1.82, 2.24) is 14.1 Å². The standard InChI is InChI=1S/C17H27N3O3S/c1-14-5-6-16(15(2)13-14)24(22,23)20-11-9-19(10-12-20)17(21)7-8-18(3)4/h5-6,13H,7-12H2,1-4H3. The average molecular weight is 353 g/mol. The summed E-state index contributed by atoms with van der Waals surface area (Å²) in [5.74, 6) is 0.0901. The molecule has 0 N–H and O–H groups in total. The van der Waals surface area contributed by atoms with Crippen molar-refractivity contribution in [3.8, 4) is 0 Å². The largest absolute Gasteiger partial charge is 0.340 e. The van der Waals surface area contributed by atoms with E-state index in [0.717, 1.165) is 11.1 Å². The Morgan fingerprint density at radius 1 is 1.12 bits per heavy atom. The Bertz CT molecular complexity index is 693. The third-order valence-corrected chi connectivity index (χ3v) is 6.37. The van der Waals surface area contributed by atoms with E-state index in [4.69, 9.17) is 0 Å². The van der Waals surface area contributed by atoms with Crippen LogP contribution in [0.2, 0.25) is 0 Å². The Balaban J connectivity index is 2.02. The van der Waals surface area contributed by atoms with E-state index in [1.54, 1.807) is 11.0 Å². The molecule has 1 fully saturated rings. The second-order valence-electron chi connectivity index (χ2n) is 6.61. The summed E-state index contributed by atoms with van der Waals surface area (Å²) in [4.78, 5) is 16.2. The van der Waals surface area contributed by atoms with Crippen LogP contribution < -0.4 is 0 Å². The van der Waals surface area contributed by atoms with E-state index in [9.17, 15) is 13.2 Å². The van der Waals surface area contributed by atoms with Crippen molar-refractivity contribution in [2.75, 3.05) is 46.8 Å². The maximum absolute atomic E-state index is 12.8. The number of benzene rings is 1. The molecule has 1 amide bonds. The van der Waals surface area contributed by atoms with Gasteiger partial charge in [0.05, 0.1) is 4.90 Å². The van der Waals surface area contributed by atoms with E-state index in [1.165, 1.54) is 4.31 Å². The summed E-state index contributed by atoms with van der Waals surface area (Å²) >= 11 is 0. The second-order valence-corrected chi connectivity index (χ2v) is 8.51. The van der Waals surface area contributed by atoms with Crippen LogP contribution in [0.5, 0.6) is 0 Å². The Hall–Kier alpha value is -1.44. The molecule has 0 aromatic heterocycles. The SMILES string of the molecule is Cc1ccc(S(=O)(=O)N2CCN(C(=O)CCN(C)C)CC2)c(C)c1. The van der Waals surface area contributed by atoms with Crippen LogP contribution in [0.25, 0.3) is 0 Å². The first kappa shape index (κ1) is 18.9. The zero-order valence-electron chi connectivity index (χ0n) is 14.9. The fourth-order valence-corrected chi connectivity index (χ4v) is 4.51. The lowest BCUT2D eigenvalue weighted by Crippen LogP contribution is -2.50. The predicted octanol–water partition coefficient (Wildman–Crippen LogP) is 1.09. The molecule has 1 aromatic rings. The topological polar surface area (TPSA) is 60.9 Å². The van der Waals surface area contributed by atoms with E-state index in [0.29, 0.717) is 44.0 Å². The normalized spacial score (nSPS) is 16.6. The van der Waals surface area contributed by atoms with Gasteiger partial charge in [-0.15, -0.1) is 0 Å². The molecule has 1 aromatic carbocycles. The monoisotopic (exact) mass is 353 g/mol. The number of rotatable bonds is 5. The molecule has 0 bridgehead atoms. The number of amides is 1. The van der Waals surface area contributed by atoms with Gasteiger partial charge in [0, 0.05) is 39.1 Å². The van der Waals surface area contributed by atoms with E-state index in [-0.39, 0.29) is 5.91 Å². The lowest BCUT2D eigenvalue weighted by atomic mass is 10.2. The van der Waals surface area contributed by atoms with Crippen LogP contribution in [0.4, 0.5) is 0 Å². The third-order valence-electron chi connectivity index (χ3n) is 4.31. The lowest BCUT2D eigenvalue weighted by Gasteiger charge is -2.34. The molecule has 24 heavy (non-hydrogen) atoms. The first-order valence-electron chi connectivity index (χ1n) is 8.21. The van der Waals surface area contributed by atoms with Crippen LogP contribution in [0, 0.1) is 13.8 Å². The number of carbonyl (C=O) groups is 1. The van der Waals surface area contributed by atoms with Crippen molar-refractivity contribution in [1.29, 1.82) is 0 Å². The molecule has 1 aliphatic heterocycles. The second kappa shape index (κ2) is 7.63. The van der Waals surface area contributed by atoms with Crippen LogP contribution in [0.15, 0.2) is 23.1 Å². The molecule has 7 heteroatoms. The minimum Gasteiger partial charge on any atom is -0.340 e. The zero-order valence-corrected chi connectivity index (χ0v) is 15.8. The van der Waals surface area contributed by atoms with E-state index < -0.39 is 10.0 Å². The van der Waals surface area contributed by atoms with Crippen molar-refractivity contribution in [2.45, 2.75) is 25.2 Å². The molecule has 0 atom stereocenters. The molecule has 2 rings (SSSR count). The summed E-state index contributed by atoms with van der Waals surface area (Å²) in [7, 11) is 0.367. The van der Waals surface area contributed by atoms with E-state index in [2.05, 4.69) is 0 Å². The highest BCUT2D eigenvalue weighted by atomic mass is 32.2. The van der Waals surface area contributed by atoms with Gasteiger partial charge in [-0.25, -0.2) is 8.42 Å². The Morgan fingerprint density at radius 2 is 1.75 bits per heavy atom. The quantitative estimate of drug-likeness (QED) is 0.795. The molecule has 0 unspecified atom stereocenters. The van der Waals surface area contributed by atoms with Gasteiger partial charge >= 0.3 is 0 Å². The molecule has 0 spiro atoms. The summed E-state index contributed by atoms with van der Waals surface area (Å²) in [5, 5.41) is 0. The van der Waals surface area contributed by atoms with Gasteiger partial charge in [0.2, 0.25) is 15.9 Å². The van der Waals surface area contributed by atoms with Gasteiger partial charge in [-0.2, -0.15) is 4.31 Å². The van der Waals surface area contributed by atoms with Crippen LogP contribution in [-0.2, 0) is 14.8 Å². The van der Waals surface area contributed by atoms with Crippen LogP contribution in [-0.4, -0.2) is 75.2 Å². The molecule has 1 heterocycles. The maximum atomic E-state index is 12.8. The van der Waals surface area contributed by atoms with Gasteiger partial charge in [-0.3, -0.25) is 4.79 Å². The maximum Gasteiger partial charge on any atom is 0.243 e. The number of carbonyl (C=O) groups excluding carboxylic acids is 1. The summed E-state index contributed by atoms with van der Waals surface area (Å²) in [6.07, 6.45) is 0.469. The van der Waals surface area contributed by atoms with E-state index in [1.807, 2.05) is 45.0 Å². The number of piperazine rings is 1. The van der Waals surface area contributed by atoms with Crippen LogP contribution in [0.3, 0.4) is 0 Å². The first-order valence-corrected chi connectivity index (χ1v) is 9.65. The first-order chi connectivity index (χ1) is 11.2. The Morgan fingerprint density at radius 3 is 2.29 bits per heavy atom. The van der Waals surface area contributed by atoms with Crippen LogP contribution >= 0.6 is 0 Å². The summed E-state index contributed by atoms with van der Waals surface area (Å²) < 4.78 is 27.1. The molecule has 134 valence electrons. The van der Waals surface area contributed by atoms with Crippen molar-refractivity contribution in [3.63, 3.8) is 0 Å². The number of aryl methyl sites for hydroxylation is 2. The smallest absolute Gasteiger partial charge is 0.243 e. The molecular formula is C17H27N3O3S. The van der Waals surface area contributed by atoms with Gasteiger partial charge in [0.1, 0.15) is 0 Å². The zero-order chi connectivity index (χ0) is 17.9. The predicted molar refractivity (Wildman–Crippen MR) is 94.4 cm³/mol. The fourth-order valence-electron chi connectivity index (χ4n) is 2.88. The highest BCUT2D eigenvalue weighted by Gasteiger charge is 2.30. The third kappa shape index (κ3) is 4.34. The van der Waals surface area contributed by atoms with Crippen molar-refractivity contribution in [2.24, 2.45) is 0 Å². The minimum atomic E-state index is -3.50. The van der Waals surface area contributed by atoms with Gasteiger partial charge in [0.25, 0.3) is 0 Å². The number of hydrogen-bond acceptors (Lipinski definition) is 4. The van der Waals surface area contributed by atoms with Gasteiger partial charge < -0.3 is 9.80 Å². The van der Waals surface area contributed by atoms with Crippen molar-refractivity contribution < 1.29 is 13.2 Å². The number of hydrogen-bond donors (Lipinski definition) is 0. The molecule has 1 saturated heterocycles. The molecule has 0 radical (unpaired) electrons. The number of nitrogens with zero attached hydrogens (tertiary/aromatic N) is 3. The van der Waals surface area contributed by atoms with Crippen molar-refractivity contribution in [3.05, 3.63) is 29.3 Å². The lowest BCUT2D eigenvalue weighted by molar-refractivity contribution is -0.132. The van der Waals surface area contributed by atoms with Gasteiger partial charge in [-0.1, -0.05) is 17.7 Å². The van der Waals surface area contributed by atoms with E-state index >= 15 is 0 Å². The Kier molecular flexibility index (Phi) is 6.01. The summed E-state index contributed by atoms with van der Waals surface area (Å²) in [6, 6.07) is 5.38. The average Bonchev–Trinajstić information content (AvgIpc) is 2.52. The van der Waals surface area contributed by atoms with Crippen molar-refractivity contribution >= 4 is 15.9 Å². The summed E-state index contributed by atoms with van der Waals surface area (Å²) in [6.45, 7) is 6.09. The molecular weight excluding hydrogens is 326 g/mol. The minimum absolute atomic E-state index is 0.0901. The molecule has 1 aliphatic rings. The summed E-state index contributed by atoms with van der Waals surface area (Å²) in [5.41, 5.74) is 1.81. The molecule has 6 nitrogen and oxygen atoms in total. The number of sulfonamides is 1. The molecule has 0 aliphatic carbocycles. The van der Waals surface area contributed by atoms with Gasteiger partial charge in [-0.05, 0) is 39.6 Å². The van der Waals surface area contributed by atoms with Gasteiger partial charge in [0.15, 0.2) is 0 Å². The highest BCUT2D eigenvalue weighted by Crippen LogP contribution is 2.22. The van der Waals surface area contributed by atoms with Crippen LogP contribution in [0.1, 0.15) is 17.5 Å². The highest BCUT2D eigenvalue weighted by molar-refractivity contribution is 7.89.